The Morgan fingerprint density at radius 2 is 1.84 bits per heavy atom. The summed E-state index contributed by atoms with van der Waals surface area (Å²) in [6.07, 6.45) is 1.62. The molecule has 1 saturated heterocycles. The number of nitrogens with zero attached hydrogens (tertiary/aromatic N) is 1. The Morgan fingerprint density at radius 3 is 2.75 bits per heavy atom. The third kappa shape index (κ3) is 2.97. The topological polar surface area (TPSA) is 102 Å². The maximum Gasteiger partial charge on any atom is 0.338 e. The number of benzene rings is 2. The molecule has 0 radical (unpaired) electrons. The molecule has 32 heavy (non-hydrogen) atoms. The number of cyclic esters (lactones) is 1. The molecular weight excluding hydrogens is 432 g/mol. The lowest BCUT2D eigenvalue weighted by molar-refractivity contribution is -0.113. The molecule has 3 aliphatic heterocycles. The van der Waals surface area contributed by atoms with Crippen LogP contribution in [0.15, 0.2) is 57.9 Å². The van der Waals surface area contributed by atoms with Gasteiger partial charge >= 0.3 is 5.97 Å². The number of esters is 1. The van der Waals surface area contributed by atoms with Gasteiger partial charge in [0.15, 0.2) is 16.7 Å². The van der Waals surface area contributed by atoms with Crippen molar-refractivity contribution < 1.29 is 28.2 Å². The number of amides is 1. The second-order valence-corrected chi connectivity index (χ2v) is 8.27. The molecule has 2 aromatic carbocycles. The van der Waals surface area contributed by atoms with Crippen molar-refractivity contribution in [3.8, 4) is 22.8 Å². The van der Waals surface area contributed by atoms with Crippen LogP contribution in [0.3, 0.4) is 0 Å². The molecule has 3 aromatic rings. The Hall–Kier alpha value is -3.98. The fraction of sp³-hybridized carbons (Fsp3) is 0.0870. The molecule has 0 unspecified atom stereocenters. The minimum atomic E-state index is -0.317. The monoisotopic (exact) mass is 446 g/mol. The maximum atomic E-state index is 13.0. The number of carbonyl (C=O) groups excluding carboxylic acids is 2. The Morgan fingerprint density at radius 1 is 0.969 bits per heavy atom. The largest absolute Gasteiger partial charge is 0.457 e. The number of ether oxygens (including phenoxy) is 3. The van der Waals surface area contributed by atoms with E-state index in [-0.39, 0.29) is 30.4 Å². The molecule has 8 nitrogen and oxygen atoms in total. The van der Waals surface area contributed by atoms with Crippen molar-refractivity contribution in [2.45, 2.75) is 6.61 Å². The molecule has 3 aliphatic rings. The molecule has 0 aliphatic carbocycles. The highest BCUT2D eigenvalue weighted by Crippen LogP contribution is 2.40. The van der Waals surface area contributed by atoms with Crippen LogP contribution in [0.1, 0.15) is 21.7 Å². The number of furan rings is 1. The van der Waals surface area contributed by atoms with Gasteiger partial charge in [-0.25, -0.2) is 4.79 Å². The van der Waals surface area contributed by atoms with E-state index < -0.39 is 0 Å². The molecule has 1 aromatic heterocycles. The van der Waals surface area contributed by atoms with Crippen LogP contribution in [0.4, 0.5) is 5.69 Å². The van der Waals surface area contributed by atoms with Crippen LogP contribution in [-0.2, 0) is 16.1 Å². The van der Waals surface area contributed by atoms with Gasteiger partial charge in [0, 0.05) is 23.3 Å². The zero-order chi connectivity index (χ0) is 21.8. The number of thioether (sulfide) groups is 1. The van der Waals surface area contributed by atoms with Gasteiger partial charge in [-0.1, -0.05) is 6.07 Å². The summed E-state index contributed by atoms with van der Waals surface area (Å²) in [6, 6.07) is 14.1. The molecule has 1 N–H and O–H groups in total. The fourth-order valence-electron chi connectivity index (χ4n) is 3.75. The van der Waals surface area contributed by atoms with Gasteiger partial charge in [-0.3, -0.25) is 15.1 Å². The van der Waals surface area contributed by atoms with Crippen LogP contribution >= 0.6 is 11.8 Å². The third-order valence-corrected chi connectivity index (χ3v) is 6.19. The van der Waals surface area contributed by atoms with Crippen LogP contribution in [0.5, 0.6) is 11.5 Å². The van der Waals surface area contributed by atoms with E-state index in [1.165, 1.54) is 4.90 Å². The zero-order valence-electron chi connectivity index (χ0n) is 16.4. The quantitative estimate of drug-likeness (QED) is 0.470. The number of carbonyl (C=O) groups is 2. The van der Waals surface area contributed by atoms with Gasteiger partial charge in [-0.15, -0.1) is 0 Å². The summed E-state index contributed by atoms with van der Waals surface area (Å²) < 4.78 is 21.6. The lowest BCUT2D eigenvalue weighted by Crippen LogP contribution is -2.28. The highest BCUT2D eigenvalue weighted by atomic mass is 32.2. The number of hydrogen-bond donors (Lipinski definition) is 1. The van der Waals surface area contributed by atoms with Crippen LogP contribution in [-0.4, -0.2) is 23.8 Å². The van der Waals surface area contributed by atoms with Gasteiger partial charge in [-0.05, 0) is 48.2 Å². The van der Waals surface area contributed by atoms with Gasteiger partial charge in [0.1, 0.15) is 18.1 Å². The number of hydrogen-bond acceptors (Lipinski definition) is 8. The Labute approximate surface area is 185 Å². The normalized spacial score (nSPS) is 17.9. The van der Waals surface area contributed by atoms with E-state index in [0.717, 1.165) is 22.9 Å². The third-order valence-electron chi connectivity index (χ3n) is 5.31. The molecular formula is C23H14N2O6S. The predicted molar refractivity (Wildman–Crippen MR) is 117 cm³/mol. The molecule has 158 valence electrons. The van der Waals surface area contributed by atoms with Crippen LogP contribution in [0, 0.1) is 5.41 Å². The van der Waals surface area contributed by atoms with Gasteiger partial charge < -0.3 is 18.6 Å². The minimum absolute atomic E-state index is 0.0928. The highest BCUT2D eigenvalue weighted by Gasteiger charge is 2.34. The van der Waals surface area contributed by atoms with Crippen molar-refractivity contribution in [3.63, 3.8) is 0 Å². The van der Waals surface area contributed by atoms with Gasteiger partial charge in [0.25, 0.3) is 5.91 Å². The molecule has 6 rings (SSSR count). The van der Waals surface area contributed by atoms with Crippen molar-refractivity contribution in [3.05, 3.63) is 70.3 Å². The van der Waals surface area contributed by atoms with Crippen LogP contribution < -0.4 is 14.4 Å². The minimum Gasteiger partial charge on any atom is -0.457 e. The van der Waals surface area contributed by atoms with E-state index in [1.807, 2.05) is 6.07 Å². The average molecular weight is 446 g/mol. The van der Waals surface area contributed by atoms with Gasteiger partial charge in [-0.2, -0.15) is 0 Å². The number of rotatable bonds is 3. The lowest BCUT2D eigenvalue weighted by atomic mass is 10.0. The summed E-state index contributed by atoms with van der Waals surface area (Å²) in [5, 5.41) is 8.37. The second kappa shape index (κ2) is 7.03. The van der Waals surface area contributed by atoms with E-state index >= 15 is 0 Å². The van der Waals surface area contributed by atoms with E-state index in [4.69, 9.17) is 24.0 Å². The zero-order valence-corrected chi connectivity index (χ0v) is 17.2. The second-order valence-electron chi connectivity index (χ2n) is 7.24. The number of anilines is 1. The summed E-state index contributed by atoms with van der Waals surface area (Å²) in [7, 11) is 0. The number of fused-ring (bicyclic) bond motifs is 2. The molecule has 0 saturated carbocycles. The smallest absolute Gasteiger partial charge is 0.338 e. The van der Waals surface area contributed by atoms with Gasteiger partial charge in [0.2, 0.25) is 6.79 Å². The lowest BCUT2D eigenvalue weighted by Gasteiger charge is -2.14. The Bertz CT molecular complexity index is 1360. The molecule has 0 bridgehead atoms. The van der Waals surface area contributed by atoms with Crippen LogP contribution in [0.2, 0.25) is 0 Å². The van der Waals surface area contributed by atoms with E-state index in [9.17, 15) is 9.59 Å². The summed E-state index contributed by atoms with van der Waals surface area (Å²) >= 11 is 1.06. The molecule has 0 spiro atoms. The molecule has 9 heteroatoms. The van der Waals surface area contributed by atoms with Crippen LogP contribution in [0.25, 0.3) is 17.4 Å². The van der Waals surface area contributed by atoms with E-state index in [2.05, 4.69) is 0 Å². The summed E-state index contributed by atoms with van der Waals surface area (Å²) in [4.78, 5) is 26.3. The highest BCUT2D eigenvalue weighted by molar-refractivity contribution is 8.19. The first kappa shape index (κ1) is 18.8. The van der Waals surface area contributed by atoms with E-state index in [1.54, 1.807) is 48.5 Å². The van der Waals surface area contributed by atoms with Crippen molar-refractivity contribution in [2.75, 3.05) is 11.7 Å². The molecule has 1 amide bonds. The summed E-state index contributed by atoms with van der Waals surface area (Å²) in [5.74, 6) is 1.62. The first-order valence-electron chi connectivity index (χ1n) is 9.69. The molecule has 1 fully saturated rings. The maximum absolute atomic E-state index is 13.0. The number of amidine groups is 1. The summed E-state index contributed by atoms with van der Waals surface area (Å²) in [5.41, 5.74) is 2.73. The predicted octanol–water partition coefficient (Wildman–Crippen LogP) is 4.40. The van der Waals surface area contributed by atoms with Gasteiger partial charge in [0.05, 0.1) is 16.2 Å². The average Bonchev–Trinajstić information content (AvgIpc) is 3.56. The Balaban J connectivity index is 1.26. The van der Waals surface area contributed by atoms with Crippen molar-refractivity contribution in [1.82, 2.24) is 0 Å². The SMILES string of the molecule is N=C1S/C(=C\c2ccc(-c3ccc4c(c3)COC4=O)o2)C(=O)N1c1ccc2c(c1)OCO2. The van der Waals surface area contributed by atoms with Crippen molar-refractivity contribution >= 4 is 40.6 Å². The standard InChI is InChI=1S/C23H14N2O6S/c24-23-25(14-2-5-18-19(8-14)30-11-29-18)21(26)20(32-23)9-15-3-6-17(31-15)12-1-4-16-13(7-12)10-28-22(16)27/h1-9,24H,10-11H2/b20-9-,24-23?. The fourth-order valence-corrected chi connectivity index (χ4v) is 4.59. The first-order chi connectivity index (χ1) is 15.6. The molecule has 0 atom stereocenters. The first-order valence-corrected chi connectivity index (χ1v) is 10.5. The molecule has 4 heterocycles. The number of nitrogens with one attached hydrogen (secondary N) is 1. The van der Waals surface area contributed by atoms with Crippen molar-refractivity contribution in [1.29, 1.82) is 5.41 Å². The Kier molecular flexibility index (Phi) is 4.12. The van der Waals surface area contributed by atoms with E-state index in [0.29, 0.717) is 39.2 Å². The van der Waals surface area contributed by atoms with Crippen molar-refractivity contribution in [2.24, 2.45) is 0 Å². The summed E-state index contributed by atoms with van der Waals surface area (Å²) in [6.45, 7) is 0.390.